The number of carbonyl (C=O) groups excluding carboxylic acids is 2. The number of piperidine rings is 1. The first-order valence-corrected chi connectivity index (χ1v) is 10.3. The summed E-state index contributed by atoms with van der Waals surface area (Å²) >= 11 is 0. The molecule has 1 fully saturated rings. The van der Waals surface area contributed by atoms with Crippen molar-refractivity contribution in [3.8, 4) is 0 Å². The number of hydrogen-bond donors (Lipinski definition) is 1. The summed E-state index contributed by atoms with van der Waals surface area (Å²) in [5.41, 5.74) is 1.70. The molecule has 0 aliphatic carbocycles. The molecule has 0 saturated carbocycles. The molecule has 1 aromatic rings. The summed E-state index contributed by atoms with van der Waals surface area (Å²) in [5, 5.41) is 2.84. The smallest absolute Gasteiger partial charge is 0.338 e. The van der Waals surface area contributed by atoms with Crippen molar-refractivity contribution in [1.29, 1.82) is 0 Å². The minimum atomic E-state index is -3.55. The highest BCUT2D eigenvalue weighted by molar-refractivity contribution is 7.86. The number of nitrogens with zero attached hydrogens (tertiary/aromatic N) is 2. The molecule has 1 saturated heterocycles. The molecule has 0 aromatic heterocycles. The third-order valence-corrected chi connectivity index (χ3v) is 6.46. The Kier molecular flexibility index (Phi) is 6.96. The van der Waals surface area contributed by atoms with Crippen LogP contribution in [0.5, 0.6) is 0 Å². The molecule has 8 nitrogen and oxygen atoms in total. The van der Waals surface area contributed by atoms with E-state index in [2.05, 4.69) is 5.32 Å². The minimum Gasteiger partial charge on any atom is -0.462 e. The van der Waals surface area contributed by atoms with E-state index in [1.807, 2.05) is 6.92 Å². The molecule has 150 valence electrons. The van der Waals surface area contributed by atoms with Crippen LogP contribution in [0.2, 0.25) is 0 Å². The van der Waals surface area contributed by atoms with Gasteiger partial charge in [-0.2, -0.15) is 17.0 Å². The van der Waals surface area contributed by atoms with Gasteiger partial charge in [0.2, 0.25) is 5.91 Å². The number of hydrogen-bond acceptors (Lipinski definition) is 5. The highest BCUT2D eigenvalue weighted by Crippen LogP contribution is 2.24. The molecular formula is C18H27N3O5S. The first-order valence-electron chi connectivity index (χ1n) is 8.93. The van der Waals surface area contributed by atoms with Gasteiger partial charge in [0.1, 0.15) is 0 Å². The summed E-state index contributed by atoms with van der Waals surface area (Å²) in [5.74, 6) is -1.15. The lowest BCUT2D eigenvalue weighted by Crippen LogP contribution is -2.47. The topological polar surface area (TPSA) is 96.0 Å². The van der Waals surface area contributed by atoms with Gasteiger partial charge in [0.25, 0.3) is 10.2 Å². The Hall–Kier alpha value is -1.97. The summed E-state index contributed by atoms with van der Waals surface area (Å²) in [4.78, 5) is 24.6. The number of esters is 1. The van der Waals surface area contributed by atoms with Crippen LogP contribution in [0.25, 0.3) is 0 Å². The zero-order valence-corrected chi connectivity index (χ0v) is 17.0. The molecule has 1 unspecified atom stereocenters. The van der Waals surface area contributed by atoms with Crippen LogP contribution in [-0.4, -0.2) is 62.7 Å². The normalized spacial score (nSPS) is 18.3. The molecule has 1 N–H and O–H groups in total. The Morgan fingerprint density at radius 3 is 2.67 bits per heavy atom. The van der Waals surface area contributed by atoms with Gasteiger partial charge in [-0.05, 0) is 44.4 Å². The van der Waals surface area contributed by atoms with E-state index in [-0.39, 0.29) is 19.1 Å². The van der Waals surface area contributed by atoms with Crippen LogP contribution >= 0.6 is 0 Å². The number of carbonyl (C=O) groups is 2. The number of ether oxygens (including phenoxy) is 1. The number of rotatable bonds is 6. The first kappa shape index (κ1) is 21.3. The van der Waals surface area contributed by atoms with Gasteiger partial charge in [-0.3, -0.25) is 4.79 Å². The van der Waals surface area contributed by atoms with E-state index in [4.69, 9.17) is 4.74 Å². The maximum absolute atomic E-state index is 12.7. The number of anilines is 1. The fraction of sp³-hybridized carbons (Fsp3) is 0.556. The lowest BCUT2D eigenvalue weighted by molar-refractivity contribution is -0.120. The van der Waals surface area contributed by atoms with Crippen LogP contribution in [0.15, 0.2) is 18.2 Å². The standard InChI is InChI=1S/C18H27N3O5S/c1-5-26-18(23)14-9-8-13(2)16(11-14)19-17(22)15-7-6-10-21(12-15)27(24,25)20(3)4/h8-9,11,15H,5-7,10,12H2,1-4H3,(H,19,22). The van der Waals surface area contributed by atoms with E-state index in [0.29, 0.717) is 30.6 Å². The molecule has 1 heterocycles. The van der Waals surface area contributed by atoms with Gasteiger partial charge in [-0.25, -0.2) is 4.79 Å². The van der Waals surface area contributed by atoms with E-state index in [0.717, 1.165) is 9.87 Å². The van der Waals surface area contributed by atoms with Crippen molar-refractivity contribution in [3.63, 3.8) is 0 Å². The zero-order valence-electron chi connectivity index (χ0n) is 16.2. The molecule has 1 aliphatic heterocycles. The van der Waals surface area contributed by atoms with Crippen LogP contribution in [0.3, 0.4) is 0 Å². The summed E-state index contributed by atoms with van der Waals surface area (Å²) in [6, 6.07) is 4.98. The second kappa shape index (κ2) is 8.81. The average Bonchev–Trinajstić information content (AvgIpc) is 2.63. The van der Waals surface area contributed by atoms with Crippen molar-refractivity contribution in [2.75, 3.05) is 39.1 Å². The molecule has 0 spiro atoms. The largest absolute Gasteiger partial charge is 0.462 e. The predicted octanol–water partition coefficient (Wildman–Crippen LogP) is 1.63. The lowest BCUT2D eigenvalue weighted by atomic mass is 9.98. The van der Waals surface area contributed by atoms with Gasteiger partial charge >= 0.3 is 5.97 Å². The van der Waals surface area contributed by atoms with Crippen LogP contribution in [0.4, 0.5) is 5.69 Å². The summed E-state index contributed by atoms with van der Waals surface area (Å²) in [7, 11) is -0.595. The summed E-state index contributed by atoms with van der Waals surface area (Å²) in [6.07, 6.45) is 1.23. The van der Waals surface area contributed by atoms with Gasteiger partial charge < -0.3 is 10.1 Å². The van der Waals surface area contributed by atoms with Gasteiger partial charge in [-0.1, -0.05) is 6.07 Å². The number of benzene rings is 1. The Morgan fingerprint density at radius 2 is 2.04 bits per heavy atom. The lowest BCUT2D eigenvalue weighted by Gasteiger charge is -2.32. The third kappa shape index (κ3) is 5.06. The molecule has 2 rings (SSSR count). The molecule has 1 atom stereocenters. The van der Waals surface area contributed by atoms with Crippen LogP contribution in [-0.2, 0) is 19.7 Å². The number of aryl methyl sites for hydroxylation is 1. The Morgan fingerprint density at radius 1 is 1.33 bits per heavy atom. The monoisotopic (exact) mass is 397 g/mol. The Labute approximate surface area is 160 Å². The van der Waals surface area contributed by atoms with Crippen molar-refractivity contribution < 1.29 is 22.7 Å². The zero-order chi connectivity index (χ0) is 20.2. The maximum Gasteiger partial charge on any atom is 0.338 e. The fourth-order valence-electron chi connectivity index (χ4n) is 2.93. The molecule has 9 heteroatoms. The summed E-state index contributed by atoms with van der Waals surface area (Å²) in [6.45, 7) is 4.37. The maximum atomic E-state index is 12.7. The predicted molar refractivity (Wildman–Crippen MR) is 103 cm³/mol. The summed E-state index contributed by atoms with van der Waals surface area (Å²) < 4.78 is 32.1. The average molecular weight is 397 g/mol. The minimum absolute atomic E-state index is 0.142. The van der Waals surface area contributed by atoms with Gasteiger partial charge in [-0.15, -0.1) is 0 Å². The Bertz CT molecular complexity index is 807. The third-order valence-electron chi connectivity index (χ3n) is 4.55. The van der Waals surface area contributed by atoms with Crippen molar-refractivity contribution in [1.82, 2.24) is 8.61 Å². The van der Waals surface area contributed by atoms with E-state index in [1.165, 1.54) is 18.4 Å². The van der Waals surface area contributed by atoms with Crippen molar-refractivity contribution in [3.05, 3.63) is 29.3 Å². The molecule has 1 amide bonds. The van der Waals surface area contributed by atoms with Crippen molar-refractivity contribution >= 4 is 27.8 Å². The van der Waals surface area contributed by atoms with Gasteiger partial charge in [0, 0.05) is 32.9 Å². The number of amides is 1. The molecule has 0 radical (unpaired) electrons. The van der Waals surface area contributed by atoms with Crippen LogP contribution < -0.4 is 5.32 Å². The molecule has 1 aliphatic rings. The van der Waals surface area contributed by atoms with E-state index in [9.17, 15) is 18.0 Å². The first-order chi connectivity index (χ1) is 12.7. The second-order valence-electron chi connectivity index (χ2n) is 6.73. The van der Waals surface area contributed by atoms with Gasteiger partial charge in [0.15, 0.2) is 0 Å². The molecule has 27 heavy (non-hydrogen) atoms. The van der Waals surface area contributed by atoms with Crippen LogP contribution in [0, 0.1) is 12.8 Å². The SMILES string of the molecule is CCOC(=O)c1ccc(C)c(NC(=O)C2CCCN(S(=O)(=O)N(C)C)C2)c1. The quantitative estimate of drug-likeness (QED) is 0.736. The van der Waals surface area contributed by atoms with E-state index >= 15 is 0 Å². The highest BCUT2D eigenvalue weighted by atomic mass is 32.2. The Balaban J connectivity index is 2.13. The van der Waals surface area contributed by atoms with E-state index in [1.54, 1.807) is 25.1 Å². The van der Waals surface area contributed by atoms with Gasteiger partial charge in [0.05, 0.1) is 18.1 Å². The van der Waals surface area contributed by atoms with Crippen molar-refractivity contribution in [2.45, 2.75) is 26.7 Å². The number of nitrogens with one attached hydrogen (secondary N) is 1. The molecular weight excluding hydrogens is 370 g/mol. The molecule has 0 bridgehead atoms. The van der Waals surface area contributed by atoms with Crippen molar-refractivity contribution in [2.24, 2.45) is 5.92 Å². The van der Waals surface area contributed by atoms with E-state index < -0.39 is 22.1 Å². The second-order valence-corrected chi connectivity index (χ2v) is 8.87. The fourth-order valence-corrected chi connectivity index (χ4v) is 4.12. The van der Waals surface area contributed by atoms with Crippen LogP contribution in [0.1, 0.15) is 35.7 Å². The molecule has 1 aromatic carbocycles. The highest BCUT2D eigenvalue weighted by Gasteiger charge is 2.33.